The van der Waals surface area contributed by atoms with Crippen LogP contribution in [0, 0.1) is 0 Å². The van der Waals surface area contributed by atoms with E-state index in [1.165, 1.54) is 82.6 Å². The highest BCUT2D eigenvalue weighted by atomic mass is 15.0. The molecule has 0 saturated carbocycles. The average Bonchev–Trinajstić information content (AvgIpc) is 3.84. The summed E-state index contributed by atoms with van der Waals surface area (Å²) in [4.78, 5) is 0. The van der Waals surface area contributed by atoms with Crippen LogP contribution in [0.2, 0.25) is 0 Å². The minimum atomic E-state index is 1.02. The molecular formula is C48H33N3. The molecular weight excluding hydrogens is 619 g/mol. The lowest BCUT2D eigenvalue weighted by Gasteiger charge is -2.18. The molecule has 3 nitrogen and oxygen atoms in total. The van der Waals surface area contributed by atoms with Gasteiger partial charge in [0, 0.05) is 55.3 Å². The van der Waals surface area contributed by atoms with E-state index in [4.69, 9.17) is 0 Å². The van der Waals surface area contributed by atoms with E-state index in [1.54, 1.807) is 0 Å². The van der Waals surface area contributed by atoms with Crippen molar-refractivity contribution in [2.45, 2.75) is 12.8 Å². The summed E-state index contributed by atoms with van der Waals surface area (Å²) in [5.74, 6) is 0. The van der Waals surface area contributed by atoms with Crippen molar-refractivity contribution >= 4 is 60.6 Å². The Morgan fingerprint density at radius 3 is 1.31 bits per heavy atom. The number of hydrogen-bond acceptors (Lipinski definition) is 0. The summed E-state index contributed by atoms with van der Waals surface area (Å²) >= 11 is 0. The topological polar surface area (TPSA) is 14.8 Å². The van der Waals surface area contributed by atoms with Gasteiger partial charge in [-0.15, -0.1) is 0 Å². The summed E-state index contributed by atoms with van der Waals surface area (Å²) in [6, 6.07) is 60.2. The van der Waals surface area contributed by atoms with Crippen LogP contribution < -0.4 is 0 Å². The fraction of sp³-hybridized carbons (Fsp3) is 0.0417. The minimum absolute atomic E-state index is 1.02. The van der Waals surface area contributed by atoms with Gasteiger partial charge in [0.1, 0.15) is 0 Å². The first-order chi connectivity index (χ1) is 25.3. The van der Waals surface area contributed by atoms with Gasteiger partial charge in [0.15, 0.2) is 0 Å². The standard InChI is InChI=1S/C48H33N3/c1-7-19-43-37(13-1)38-14-2-8-20-44(38)49(43)34-27-25-32(26-28-34)33-29-35(50-45-21-9-3-15-39(45)40-16-4-10-22-46(40)50)31-36(30-33)51-47-23-11-5-17-41(47)42-18-6-12-24-48(42)51/h1-11,13-23,25-31H,12,24H2. The molecule has 0 atom stereocenters. The monoisotopic (exact) mass is 651 g/mol. The van der Waals surface area contributed by atoms with Gasteiger partial charge in [-0.25, -0.2) is 0 Å². The van der Waals surface area contributed by atoms with E-state index in [0.29, 0.717) is 0 Å². The molecule has 3 aromatic heterocycles. The van der Waals surface area contributed by atoms with Gasteiger partial charge >= 0.3 is 0 Å². The molecule has 51 heavy (non-hydrogen) atoms. The Labute approximate surface area is 295 Å². The summed E-state index contributed by atoms with van der Waals surface area (Å²) in [5.41, 5.74) is 14.7. The Balaban J connectivity index is 1.16. The van der Waals surface area contributed by atoms with Crippen molar-refractivity contribution in [1.82, 2.24) is 13.7 Å². The molecule has 3 heterocycles. The van der Waals surface area contributed by atoms with Crippen molar-refractivity contribution in [2.24, 2.45) is 0 Å². The number of rotatable bonds is 4. The van der Waals surface area contributed by atoms with Gasteiger partial charge < -0.3 is 13.7 Å². The van der Waals surface area contributed by atoms with Crippen LogP contribution in [0.1, 0.15) is 17.7 Å². The summed E-state index contributed by atoms with van der Waals surface area (Å²) in [5, 5.41) is 6.40. The summed E-state index contributed by atoms with van der Waals surface area (Å²) in [7, 11) is 0. The van der Waals surface area contributed by atoms with Crippen LogP contribution in [0.5, 0.6) is 0 Å². The zero-order valence-corrected chi connectivity index (χ0v) is 28.0. The molecule has 0 amide bonds. The van der Waals surface area contributed by atoms with Gasteiger partial charge in [0.25, 0.3) is 0 Å². The van der Waals surface area contributed by atoms with Gasteiger partial charge in [0.2, 0.25) is 0 Å². The maximum atomic E-state index is 2.52. The first-order valence-electron chi connectivity index (χ1n) is 17.8. The number of aromatic nitrogens is 3. The van der Waals surface area contributed by atoms with Crippen molar-refractivity contribution < 1.29 is 0 Å². The Bertz CT molecular complexity index is 2910. The summed E-state index contributed by atoms with van der Waals surface area (Å²) in [6.07, 6.45) is 6.70. The predicted molar refractivity (Wildman–Crippen MR) is 215 cm³/mol. The Kier molecular flexibility index (Phi) is 6.08. The highest BCUT2D eigenvalue weighted by molar-refractivity contribution is 6.10. The van der Waals surface area contributed by atoms with E-state index in [-0.39, 0.29) is 0 Å². The largest absolute Gasteiger partial charge is 0.313 e. The molecule has 240 valence electrons. The van der Waals surface area contributed by atoms with Gasteiger partial charge in [-0.05, 0) is 84.6 Å². The number of allylic oxidation sites excluding steroid dienone is 1. The van der Waals surface area contributed by atoms with Gasteiger partial charge in [-0.1, -0.05) is 115 Å². The van der Waals surface area contributed by atoms with Gasteiger partial charge in [-0.2, -0.15) is 0 Å². The molecule has 0 unspecified atom stereocenters. The molecule has 0 radical (unpaired) electrons. The maximum Gasteiger partial charge on any atom is 0.0541 e. The molecule has 10 aromatic rings. The summed E-state index contributed by atoms with van der Waals surface area (Å²) in [6.45, 7) is 0. The third kappa shape index (κ3) is 4.18. The fourth-order valence-corrected chi connectivity index (χ4v) is 8.69. The lowest BCUT2D eigenvalue weighted by atomic mass is 10.0. The first kappa shape index (κ1) is 28.3. The highest BCUT2D eigenvalue weighted by Gasteiger charge is 2.21. The van der Waals surface area contributed by atoms with Crippen LogP contribution in [0.4, 0.5) is 0 Å². The number of fused-ring (bicyclic) bond motifs is 9. The van der Waals surface area contributed by atoms with E-state index in [0.717, 1.165) is 24.2 Å². The average molecular weight is 652 g/mol. The van der Waals surface area contributed by atoms with Crippen molar-refractivity contribution in [3.8, 4) is 28.2 Å². The van der Waals surface area contributed by atoms with Crippen LogP contribution in [-0.4, -0.2) is 13.7 Å². The van der Waals surface area contributed by atoms with Crippen molar-refractivity contribution in [1.29, 1.82) is 0 Å². The highest BCUT2D eigenvalue weighted by Crippen LogP contribution is 2.39. The molecule has 0 spiro atoms. The van der Waals surface area contributed by atoms with E-state index in [9.17, 15) is 0 Å². The lowest BCUT2D eigenvalue weighted by Crippen LogP contribution is -2.05. The number of nitrogens with zero attached hydrogens (tertiary/aromatic N) is 3. The molecule has 11 rings (SSSR count). The van der Waals surface area contributed by atoms with E-state index < -0.39 is 0 Å². The lowest BCUT2D eigenvalue weighted by molar-refractivity contribution is 0.888. The van der Waals surface area contributed by atoms with E-state index >= 15 is 0 Å². The number of para-hydroxylation sites is 5. The van der Waals surface area contributed by atoms with Crippen LogP contribution in [-0.2, 0) is 6.42 Å². The molecule has 0 saturated heterocycles. The van der Waals surface area contributed by atoms with Crippen LogP contribution in [0.15, 0.2) is 170 Å². The SMILES string of the molecule is C1=Cc2c(n(-c3cc(-c4ccc(-n5c6ccccc6c6ccccc65)cc4)cc(-n4c5ccccc5c5ccccc54)c3)c3ccccc23)CC1. The van der Waals surface area contributed by atoms with Gasteiger partial charge in [-0.3, -0.25) is 0 Å². The molecule has 0 N–H and O–H groups in total. The molecule has 0 bridgehead atoms. The van der Waals surface area contributed by atoms with Gasteiger partial charge in [0.05, 0.1) is 27.6 Å². The van der Waals surface area contributed by atoms with E-state index in [1.807, 2.05) is 0 Å². The third-order valence-corrected chi connectivity index (χ3v) is 10.9. The number of hydrogen-bond donors (Lipinski definition) is 0. The molecule has 3 heteroatoms. The second-order valence-corrected chi connectivity index (χ2v) is 13.7. The zero-order valence-electron chi connectivity index (χ0n) is 28.0. The Morgan fingerprint density at radius 2 is 0.784 bits per heavy atom. The Hall–Kier alpha value is -6.58. The van der Waals surface area contributed by atoms with E-state index in [2.05, 4.69) is 190 Å². The van der Waals surface area contributed by atoms with Crippen LogP contribution >= 0.6 is 0 Å². The predicted octanol–water partition coefficient (Wildman–Crippen LogP) is 12.5. The molecule has 7 aromatic carbocycles. The number of benzene rings is 7. The molecule has 1 aliphatic carbocycles. The van der Waals surface area contributed by atoms with Crippen LogP contribution in [0.3, 0.4) is 0 Å². The summed E-state index contributed by atoms with van der Waals surface area (Å²) < 4.78 is 7.35. The maximum absolute atomic E-state index is 2.52. The minimum Gasteiger partial charge on any atom is -0.313 e. The van der Waals surface area contributed by atoms with Crippen LogP contribution in [0.25, 0.3) is 88.8 Å². The quantitative estimate of drug-likeness (QED) is 0.180. The van der Waals surface area contributed by atoms with Crippen molar-refractivity contribution in [3.63, 3.8) is 0 Å². The first-order valence-corrected chi connectivity index (χ1v) is 17.8. The second kappa shape index (κ2) is 11.0. The molecule has 0 fully saturated rings. The smallest absolute Gasteiger partial charge is 0.0541 e. The fourth-order valence-electron chi connectivity index (χ4n) is 8.69. The normalized spacial score (nSPS) is 12.9. The third-order valence-electron chi connectivity index (χ3n) is 10.9. The molecule has 1 aliphatic rings. The Morgan fingerprint density at radius 1 is 0.353 bits per heavy atom. The van der Waals surface area contributed by atoms with Crippen molar-refractivity contribution in [3.05, 3.63) is 181 Å². The second-order valence-electron chi connectivity index (χ2n) is 13.7. The molecule has 0 aliphatic heterocycles. The zero-order chi connectivity index (χ0) is 33.5. The van der Waals surface area contributed by atoms with Crippen molar-refractivity contribution in [2.75, 3.05) is 0 Å².